The molecule has 3 aromatic rings. The Balaban J connectivity index is 1.40. The van der Waals surface area contributed by atoms with E-state index in [1.165, 1.54) is 11.8 Å². The molecule has 0 saturated carbocycles. The molecule has 2 N–H and O–H groups in total. The number of carbonyl (C=O) groups excluding carboxylic acids is 1. The predicted molar refractivity (Wildman–Crippen MR) is 130 cm³/mol. The van der Waals surface area contributed by atoms with Gasteiger partial charge in [-0.1, -0.05) is 61.0 Å². The van der Waals surface area contributed by atoms with E-state index in [2.05, 4.69) is 20.5 Å². The lowest BCUT2D eigenvalue weighted by atomic mass is 10.2. The first kappa shape index (κ1) is 23.5. The number of aryl methyl sites for hydroxylation is 1. The number of hydrogen-bond donors (Lipinski definition) is 2. The van der Waals surface area contributed by atoms with E-state index in [1.54, 1.807) is 29.4 Å². The van der Waals surface area contributed by atoms with Gasteiger partial charge in [0.05, 0.1) is 10.6 Å². The molecule has 4 rings (SSSR count). The van der Waals surface area contributed by atoms with Gasteiger partial charge in [-0.15, -0.1) is 5.10 Å². The summed E-state index contributed by atoms with van der Waals surface area (Å²) in [4.78, 5) is 17.2. The second-order valence-electron chi connectivity index (χ2n) is 7.97. The maximum atomic E-state index is 13.2. The summed E-state index contributed by atoms with van der Waals surface area (Å²) in [5, 5.41) is 10.3. The average molecular weight is 486 g/mol. The van der Waals surface area contributed by atoms with Crippen LogP contribution < -0.4 is 5.32 Å². The Morgan fingerprint density at radius 1 is 1.09 bits per heavy atom. The minimum Gasteiger partial charge on any atom is -0.325 e. The van der Waals surface area contributed by atoms with Crippen molar-refractivity contribution in [2.45, 2.75) is 42.7 Å². The Hall–Kier alpha value is -2.69. The number of thioether (sulfide) groups is 1. The first-order valence-corrected chi connectivity index (χ1v) is 13.4. The van der Waals surface area contributed by atoms with Gasteiger partial charge in [-0.2, -0.15) is 4.31 Å². The van der Waals surface area contributed by atoms with Crippen molar-refractivity contribution >= 4 is 33.4 Å². The fraction of sp³-hybridized carbons (Fsp3) is 0.348. The molecular formula is C23H27N5O3S2. The van der Waals surface area contributed by atoms with Crippen LogP contribution in [-0.2, 0) is 14.8 Å². The van der Waals surface area contributed by atoms with Crippen LogP contribution in [0.15, 0.2) is 58.6 Å². The summed E-state index contributed by atoms with van der Waals surface area (Å²) in [5.41, 5.74) is 2.04. The van der Waals surface area contributed by atoms with Gasteiger partial charge in [0.15, 0.2) is 5.82 Å². The summed E-state index contributed by atoms with van der Waals surface area (Å²) in [7, 11) is -3.60. The van der Waals surface area contributed by atoms with Crippen molar-refractivity contribution in [1.82, 2.24) is 19.5 Å². The second-order valence-corrected chi connectivity index (χ2v) is 10.8. The van der Waals surface area contributed by atoms with Crippen LogP contribution in [-0.4, -0.2) is 52.7 Å². The summed E-state index contributed by atoms with van der Waals surface area (Å²) < 4.78 is 28.0. The molecule has 0 bridgehead atoms. The quantitative estimate of drug-likeness (QED) is 0.488. The van der Waals surface area contributed by atoms with E-state index >= 15 is 0 Å². The van der Waals surface area contributed by atoms with Gasteiger partial charge in [-0.25, -0.2) is 13.4 Å². The Morgan fingerprint density at radius 2 is 1.82 bits per heavy atom. The van der Waals surface area contributed by atoms with E-state index in [9.17, 15) is 13.2 Å². The maximum absolute atomic E-state index is 13.2. The first-order chi connectivity index (χ1) is 15.9. The van der Waals surface area contributed by atoms with Gasteiger partial charge in [0, 0.05) is 24.3 Å². The second kappa shape index (κ2) is 10.5. The number of carbonyl (C=O) groups is 1. The lowest BCUT2D eigenvalue weighted by molar-refractivity contribution is -0.113. The summed E-state index contributed by atoms with van der Waals surface area (Å²) >= 11 is 1.21. The van der Waals surface area contributed by atoms with Crippen molar-refractivity contribution in [3.8, 4) is 11.4 Å². The van der Waals surface area contributed by atoms with Crippen molar-refractivity contribution in [3.05, 3.63) is 54.1 Å². The number of anilines is 1. The van der Waals surface area contributed by atoms with E-state index in [0.717, 1.165) is 31.2 Å². The Kier molecular flexibility index (Phi) is 7.46. The third kappa shape index (κ3) is 5.82. The molecule has 1 aliphatic heterocycles. The molecule has 2 heterocycles. The molecule has 1 amide bonds. The van der Waals surface area contributed by atoms with Crippen molar-refractivity contribution in [2.24, 2.45) is 0 Å². The van der Waals surface area contributed by atoms with Crippen LogP contribution in [0.1, 0.15) is 31.2 Å². The summed E-state index contributed by atoms with van der Waals surface area (Å²) in [6, 6.07) is 14.6. The average Bonchev–Trinajstić information content (AvgIpc) is 3.11. The minimum atomic E-state index is -3.60. The fourth-order valence-electron chi connectivity index (χ4n) is 3.74. The van der Waals surface area contributed by atoms with Crippen LogP contribution >= 0.6 is 11.8 Å². The number of benzene rings is 2. The number of nitrogens with zero attached hydrogens (tertiary/aromatic N) is 3. The van der Waals surface area contributed by atoms with Gasteiger partial charge in [0.1, 0.15) is 0 Å². The Morgan fingerprint density at radius 3 is 2.55 bits per heavy atom. The molecule has 0 atom stereocenters. The molecule has 10 heteroatoms. The SMILES string of the molecule is Cc1ccc(NC(=O)CSc2n[nH]c(-c3ccccc3)n2)cc1S(=O)(=O)N1CCCCCC1. The van der Waals surface area contributed by atoms with Crippen LogP contribution in [0, 0.1) is 6.92 Å². The molecule has 174 valence electrons. The molecule has 0 aliphatic carbocycles. The number of hydrogen-bond acceptors (Lipinski definition) is 6. The lowest BCUT2D eigenvalue weighted by Gasteiger charge is -2.21. The highest BCUT2D eigenvalue weighted by Gasteiger charge is 2.27. The highest BCUT2D eigenvalue weighted by Crippen LogP contribution is 2.26. The number of nitrogens with one attached hydrogen (secondary N) is 2. The van der Waals surface area contributed by atoms with Crippen LogP contribution in [0.2, 0.25) is 0 Å². The van der Waals surface area contributed by atoms with Crippen molar-refractivity contribution in [3.63, 3.8) is 0 Å². The molecule has 1 aromatic heterocycles. The highest BCUT2D eigenvalue weighted by atomic mass is 32.2. The van der Waals surface area contributed by atoms with E-state index in [-0.39, 0.29) is 16.6 Å². The number of aromatic nitrogens is 3. The van der Waals surface area contributed by atoms with Crippen LogP contribution in [0.25, 0.3) is 11.4 Å². The summed E-state index contributed by atoms with van der Waals surface area (Å²) in [5.74, 6) is 0.488. The van der Waals surface area contributed by atoms with Crippen LogP contribution in [0.3, 0.4) is 0 Å². The number of H-pyrrole nitrogens is 1. The molecule has 0 radical (unpaired) electrons. The molecular weight excluding hydrogens is 458 g/mol. The number of aromatic amines is 1. The third-order valence-corrected chi connectivity index (χ3v) is 8.39. The Bertz CT molecular complexity index is 1200. The van der Waals surface area contributed by atoms with Crippen LogP contribution in [0.5, 0.6) is 0 Å². The van der Waals surface area contributed by atoms with E-state index in [1.807, 2.05) is 30.3 Å². The van der Waals surface area contributed by atoms with Crippen molar-refractivity contribution < 1.29 is 13.2 Å². The molecule has 1 fully saturated rings. The molecule has 8 nitrogen and oxygen atoms in total. The number of amides is 1. The van der Waals surface area contributed by atoms with E-state index < -0.39 is 10.0 Å². The number of sulfonamides is 1. The molecule has 1 aliphatic rings. The van der Waals surface area contributed by atoms with Gasteiger partial charge >= 0.3 is 0 Å². The fourth-order valence-corrected chi connectivity index (χ4v) is 6.11. The van der Waals surface area contributed by atoms with Gasteiger partial charge in [-0.05, 0) is 37.5 Å². The van der Waals surface area contributed by atoms with Gasteiger partial charge in [0.2, 0.25) is 21.1 Å². The highest BCUT2D eigenvalue weighted by molar-refractivity contribution is 7.99. The zero-order valence-electron chi connectivity index (χ0n) is 18.5. The zero-order chi connectivity index (χ0) is 23.3. The van der Waals surface area contributed by atoms with Crippen molar-refractivity contribution in [1.29, 1.82) is 0 Å². The van der Waals surface area contributed by atoms with Crippen molar-refractivity contribution in [2.75, 3.05) is 24.2 Å². The van der Waals surface area contributed by atoms with Gasteiger partial charge in [-0.3, -0.25) is 9.89 Å². The lowest BCUT2D eigenvalue weighted by Crippen LogP contribution is -2.32. The maximum Gasteiger partial charge on any atom is 0.243 e. The van der Waals surface area contributed by atoms with E-state index in [0.29, 0.717) is 35.3 Å². The predicted octanol–water partition coefficient (Wildman–Crippen LogP) is 4.08. The Labute approximate surface area is 198 Å². The topological polar surface area (TPSA) is 108 Å². The third-order valence-electron chi connectivity index (χ3n) is 5.50. The molecule has 2 aromatic carbocycles. The first-order valence-electron chi connectivity index (χ1n) is 10.9. The van der Waals surface area contributed by atoms with Crippen LogP contribution in [0.4, 0.5) is 5.69 Å². The monoisotopic (exact) mass is 485 g/mol. The van der Waals surface area contributed by atoms with Gasteiger partial charge in [0.25, 0.3) is 0 Å². The molecule has 0 spiro atoms. The van der Waals surface area contributed by atoms with Gasteiger partial charge < -0.3 is 5.32 Å². The van der Waals surface area contributed by atoms with E-state index in [4.69, 9.17) is 0 Å². The smallest absolute Gasteiger partial charge is 0.243 e. The number of rotatable bonds is 7. The molecule has 0 unspecified atom stereocenters. The molecule has 33 heavy (non-hydrogen) atoms. The summed E-state index contributed by atoms with van der Waals surface area (Å²) in [6.07, 6.45) is 3.85. The standard InChI is InChI=1S/C23H27N5O3S2/c1-17-11-12-19(15-20(17)33(30,31)28-13-7-2-3-8-14-28)24-21(29)16-32-23-25-22(26-27-23)18-9-5-4-6-10-18/h4-6,9-12,15H,2-3,7-8,13-14,16H2,1H3,(H,24,29)(H,25,26,27). The largest absolute Gasteiger partial charge is 0.325 e. The summed E-state index contributed by atoms with van der Waals surface area (Å²) in [6.45, 7) is 2.85. The normalized spacial score (nSPS) is 15.2. The minimum absolute atomic E-state index is 0.105. The molecule has 1 saturated heterocycles. The zero-order valence-corrected chi connectivity index (χ0v) is 20.1.